The number of aryl methyl sites for hydroxylation is 1. The van der Waals surface area contributed by atoms with Gasteiger partial charge in [0.2, 0.25) is 0 Å². The average Bonchev–Trinajstić information content (AvgIpc) is 3.07. The molecule has 1 aliphatic heterocycles. The van der Waals surface area contributed by atoms with E-state index in [1.807, 2.05) is 5.38 Å². The van der Waals surface area contributed by atoms with E-state index < -0.39 is 0 Å². The minimum Gasteiger partial charge on any atom is -0.368 e. The first kappa shape index (κ1) is 16.0. The minimum absolute atomic E-state index is 0.0360. The Balaban J connectivity index is 1.43. The summed E-state index contributed by atoms with van der Waals surface area (Å²) in [6.07, 6.45) is 3.47. The molecule has 0 radical (unpaired) electrons. The maximum absolute atomic E-state index is 12.1. The van der Waals surface area contributed by atoms with Crippen molar-refractivity contribution in [1.82, 2.24) is 24.1 Å². The van der Waals surface area contributed by atoms with Crippen LogP contribution in [0.1, 0.15) is 5.69 Å². The van der Waals surface area contributed by atoms with Crippen molar-refractivity contribution in [1.29, 1.82) is 0 Å². The molecule has 0 aromatic carbocycles. The molecule has 3 aromatic rings. The molecular formula is C16H18N6O2S. The third-order valence-corrected chi connectivity index (χ3v) is 5.19. The van der Waals surface area contributed by atoms with Crippen LogP contribution >= 0.6 is 11.3 Å². The van der Waals surface area contributed by atoms with Gasteiger partial charge in [0.05, 0.1) is 17.6 Å². The van der Waals surface area contributed by atoms with E-state index in [1.165, 1.54) is 16.0 Å². The number of hydrogen-bond donors (Lipinski definition) is 0. The quantitative estimate of drug-likeness (QED) is 0.665. The van der Waals surface area contributed by atoms with Gasteiger partial charge in [-0.05, 0) is 0 Å². The highest BCUT2D eigenvalue weighted by atomic mass is 32.1. The number of nitrogens with zero attached hydrogens (tertiary/aromatic N) is 6. The van der Waals surface area contributed by atoms with Crippen LogP contribution in [-0.2, 0) is 13.6 Å². The zero-order valence-corrected chi connectivity index (χ0v) is 14.6. The van der Waals surface area contributed by atoms with Crippen molar-refractivity contribution in [3.63, 3.8) is 0 Å². The van der Waals surface area contributed by atoms with E-state index >= 15 is 0 Å². The van der Waals surface area contributed by atoms with E-state index in [2.05, 4.69) is 19.9 Å². The minimum atomic E-state index is -0.103. The summed E-state index contributed by atoms with van der Waals surface area (Å²) in [7, 11) is 1.64. The zero-order valence-electron chi connectivity index (χ0n) is 13.8. The Labute approximate surface area is 147 Å². The van der Waals surface area contributed by atoms with Gasteiger partial charge in [-0.1, -0.05) is 0 Å². The number of aromatic nitrogens is 4. The number of hydrogen-bond acceptors (Lipinski definition) is 7. The molecule has 130 valence electrons. The fourth-order valence-electron chi connectivity index (χ4n) is 2.99. The molecule has 9 heteroatoms. The molecule has 0 atom stereocenters. The topological polar surface area (TPSA) is 75.7 Å². The summed E-state index contributed by atoms with van der Waals surface area (Å²) in [6.45, 7) is 3.98. The Hall–Kier alpha value is -2.52. The molecule has 0 N–H and O–H groups in total. The van der Waals surface area contributed by atoms with Crippen LogP contribution in [-0.4, -0.2) is 50.2 Å². The van der Waals surface area contributed by atoms with Crippen molar-refractivity contribution in [2.45, 2.75) is 6.54 Å². The third kappa shape index (κ3) is 3.20. The van der Waals surface area contributed by atoms with Gasteiger partial charge < -0.3 is 4.90 Å². The first-order chi connectivity index (χ1) is 12.1. The molecule has 1 saturated heterocycles. The van der Waals surface area contributed by atoms with Gasteiger partial charge >= 0.3 is 0 Å². The average molecular weight is 358 g/mol. The zero-order chi connectivity index (χ0) is 17.4. The second-order valence-corrected chi connectivity index (χ2v) is 6.95. The van der Waals surface area contributed by atoms with Crippen LogP contribution < -0.4 is 16.0 Å². The van der Waals surface area contributed by atoms with Crippen molar-refractivity contribution in [2.75, 3.05) is 31.1 Å². The predicted octanol–water partition coefficient (Wildman–Crippen LogP) is 0.172. The lowest BCUT2D eigenvalue weighted by molar-refractivity contribution is 0.247. The highest BCUT2D eigenvalue weighted by Gasteiger charge is 2.19. The SMILES string of the molecule is Cn1ncc(N2CCN(Cc3cc(=O)n4ccsc4n3)CC2)cc1=O. The number of piperazine rings is 1. The molecule has 4 heterocycles. The summed E-state index contributed by atoms with van der Waals surface area (Å²) in [5.74, 6) is 0. The Morgan fingerprint density at radius 3 is 2.68 bits per heavy atom. The largest absolute Gasteiger partial charge is 0.368 e. The number of rotatable bonds is 3. The van der Waals surface area contributed by atoms with Gasteiger partial charge in [-0.15, -0.1) is 11.3 Å². The molecular weight excluding hydrogens is 340 g/mol. The van der Waals surface area contributed by atoms with E-state index in [9.17, 15) is 9.59 Å². The van der Waals surface area contributed by atoms with Crippen LogP contribution in [0.5, 0.6) is 0 Å². The molecule has 4 rings (SSSR count). The number of thiazole rings is 1. The fraction of sp³-hybridized carbons (Fsp3) is 0.375. The van der Waals surface area contributed by atoms with Gasteiger partial charge in [-0.25, -0.2) is 9.67 Å². The highest BCUT2D eigenvalue weighted by molar-refractivity contribution is 7.15. The number of anilines is 1. The van der Waals surface area contributed by atoms with Gasteiger partial charge in [0.25, 0.3) is 11.1 Å². The van der Waals surface area contributed by atoms with Gasteiger partial charge in [-0.2, -0.15) is 5.10 Å². The monoisotopic (exact) mass is 358 g/mol. The number of fused-ring (bicyclic) bond motifs is 1. The third-order valence-electron chi connectivity index (χ3n) is 4.43. The first-order valence-electron chi connectivity index (χ1n) is 8.06. The van der Waals surface area contributed by atoms with Crippen LogP contribution in [0.4, 0.5) is 5.69 Å². The Morgan fingerprint density at radius 1 is 1.12 bits per heavy atom. The normalized spacial score (nSPS) is 15.8. The predicted molar refractivity (Wildman–Crippen MR) is 96.3 cm³/mol. The van der Waals surface area contributed by atoms with Crippen LogP contribution in [0.25, 0.3) is 4.96 Å². The molecule has 3 aromatic heterocycles. The lowest BCUT2D eigenvalue weighted by Crippen LogP contribution is -2.46. The summed E-state index contributed by atoms with van der Waals surface area (Å²) in [5, 5.41) is 5.94. The molecule has 0 amide bonds. The second kappa shape index (κ2) is 6.41. The highest BCUT2D eigenvalue weighted by Crippen LogP contribution is 2.14. The van der Waals surface area contributed by atoms with Crippen molar-refractivity contribution >= 4 is 22.0 Å². The van der Waals surface area contributed by atoms with Crippen molar-refractivity contribution in [2.24, 2.45) is 7.05 Å². The van der Waals surface area contributed by atoms with E-state index in [4.69, 9.17) is 0 Å². The van der Waals surface area contributed by atoms with Crippen LogP contribution in [0.15, 0.2) is 39.5 Å². The van der Waals surface area contributed by atoms with Gasteiger partial charge in [-0.3, -0.25) is 18.9 Å². The molecule has 0 unspecified atom stereocenters. The molecule has 8 nitrogen and oxygen atoms in total. The van der Waals surface area contributed by atoms with Crippen LogP contribution in [0.2, 0.25) is 0 Å². The van der Waals surface area contributed by atoms with Gasteiger partial charge in [0.15, 0.2) is 4.96 Å². The summed E-state index contributed by atoms with van der Waals surface area (Å²) < 4.78 is 2.89. The Kier molecular flexibility index (Phi) is 4.10. The molecule has 1 aliphatic rings. The van der Waals surface area contributed by atoms with Gasteiger partial charge in [0.1, 0.15) is 0 Å². The maximum Gasteiger partial charge on any atom is 0.268 e. The van der Waals surface area contributed by atoms with Gasteiger partial charge in [0, 0.05) is 63.5 Å². The molecule has 0 saturated carbocycles. The Morgan fingerprint density at radius 2 is 1.92 bits per heavy atom. The van der Waals surface area contributed by atoms with Crippen LogP contribution in [0, 0.1) is 0 Å². The van der Waals surface area contributed by atoms with E-state index in [-0.39, 0.29) is 11.1 Å². The van der Waals surface area contributed by atoms with Crippen LogP contribution in [0.3, 0.4) is 0 Å². The lowest BCUT2D eigenvalue weighted by atomic mass is 10.2. The molecule has 0 spiro atoms. The Bertz CT molecular complexity index is 1020. The maximum atomic E-state index is 12.1. The summed E-state index contributed by atoms with van der Waals surface area (Å²) in [5.41, 5.74) is 1.52. The van der Waals surface area contributed by atoms with E-state index in [0.717, 1.165) is 42.5 Å². The van der Waals surface area contributed by atoms with Crippen molar-refractivity contribution < 1.29 is 0 Å². The summed E-state index contributed by atoms with van der Waals surface area (Å²) in [6, 6.07) is 3.23. The lowest BCUT2D eigenvalue weighted by Gasteiger charge is -2.35. The smallest absolute Gasteiger partial charge is 0.268 e. The molecule has 25 heavy (non-hydrogen) atoms. The van der Waals surface area contributed by atoms with Crippen molar-refractivity contribution in [3.05, 3.63) is 56.3 Å². The van der Waals surface area contributed by atoms with E-state index in [1.54, 1.807) is 36.0 Å². The van der Waals surface area contributed by atoms with Crippen molar-refractivity contribution in [3.8, 4) is 0 Å². The second-order valence-electron chi connectivity index (χ2n) is 6.08. The first-order valence-corrected chi connectivity index (χ1v) is 8.94. The standard InChI is InChI=1S/C16H18N6O2S/c1-19-14(23)9-13(10-17-19)21-4-2-20(3-5-21)11-12-8-15(24)22-6-7-25-16(22)18-12/h6-10H,2-5,11H2,1H3. The van der Waals surface area contributed by atoms with E-state index in [0.29, 0.717) is 6.54 Å². The fourth-order valence-corrected chi connectivity index (χ4v) is 3.73. The molecule has 1 fully saturated rings. The summed E-state index contributed by atoms with van der Waals surface area (Å²) >= 11 is 1.46. The molecule has 0 bridgehead atoms. The summed E-state index contributed by atoms with van der Waals surface area (Å²) in [4.78, 5) is 33.5. The molecule has 0 aliphatic carbocycles.